The van der Waals surface area contributed by atoms with E-state index in [9.17, 15) is 14.4 Å². The number of hydrogen-bond donors (Lipinski definition) is 2. The average molecular weight is 258 g/mol. The first-order valence-corrected chi connectivity index (χ1v) is 6.88. The number of thioether (sulfide) groups is 1. The molecule has 0 aromatic carbocycles. The molecule has 0 radical (unpaired) electrons. The molecule has 0 spiro atoms. The van der Waals surface area contributed by atoms with Crippen LogP contribution in [0.2, 0.25) is 0 Å². The van der Waals surface area contributed by atoms with Gasteiger partial charge in [0.15, 0.2) is 0 Å². The van der Waals surface area contributed by atoms with E-state index in [0.717, 1.165) is 0 Å². The van der Waals surface area contributed by atoms with Gasteiger partial charge in [0.05, 0.1) is 12.3 Å². The Morgan fingerprint density at radius 1 is 1.41 bits per heavy atom. The fourth-order valence-electron chi connectivity index (χ4n) is 1.62. The van der Waals surface area contributed by atoms with Crippen LogP contribution in [0.15, 0.2) is 0 Å². The quantitative estimate of drug-likeness (QED) is 0.712. The third-order valence-corrected chi connectivity index (χ3v) is 3.85. The predicted octanol–water partition coefficient (Wildman–Crippen LogP) is -0.267. The zero-order valence-corrected chi connectivity index (χ0v) is 10.6. The highest BCUT2D eigenvalue weighted by Crippen LogP contribution is 2.15. The number of amides is 1. The Kier molecular flexibility index (Phi) is 6.21. The Bertz CT molecular complexity index is 285. The summed E-state index contributed by atoms with van der Waals surface area (Å²) < 4.78 is 0. The molecule has 0 saturated carbocycles. The van der Waals surface area contributed by atoms with E-state index in [2.05, 4.69) is 5.32 Å². The molecule has 0 aromatic heterocycles. The van der Waals surface area contributed by atoms with Crippen molar-refractivity contribution < 1.29 is 14.4 Å². The van der Waals surface area contributed by atoms with E-state index in [-0.39, 0.29) is 42.8 Å². The summed E-state index contributed by atoms with van der Waals surface area (Å²) in [7, 11) is 0. The second kappa shape index (κ2) is 7.45. The zero-order valence-electron chi connectivity index (χ0n) is 9.74. The van der Waals surface area contributed by atoms with E-state index in [1.54, 1.807) is 0 Å². The lowest BCUT2D eigenvalue weighted by Crippen LogP contribution is -2.30. The van der Waals surface area contributed by atoms with Crippen molar-refractivity contribution >= 4 is 29.2 Å². The maximum Gasteiger partial charge on any atom is 0.220 e. The summed E-state index contributed by atoms with van der Waals surface area (Å²) in [6.07, 6.45) is 1.13. The van der Waals surface area contributed by atoms with Gasteiger partial charge in [-0.25, -0.2) is 0 Å². The van der Waals surface area contributed by atoms with Crippen LogP contribution in [0.5, 0.6) is 0 Å². The smallest absolute Gasteiger partial charge is 0.220 e. The van der Waals surface area contributed by atoms with Crippen LogP contribution in [0.3, 0.4) is 0 Å². The molecule has 1 aliphatic heterocycles. The summed E-state index contributed by atoms with van der Waals surface area (Å²) in [6.45, 7) is 0.497. The number of carbonyl (C=O) groups excluding carboxylic acids is 3. The van der Waals surface area contributed by atoms with Crippen molar-refractivity contribution in [3.8, 4) is 0 Å². The molecule has 0 aromatic rings. The van der Waals surface area contributed by atoms with Gasteiger partial charge < -0.3 is 11.1 Å². The molecule has 1 aliphatic rings. The van der Waals surface area contributed by atoms with Crippen molar-refractivity contribution in [2.75, 3.05) is 24.6 Å². The van der Waals surface area contributed by atoms with Crippen molar-refractivity contribution in [3.05, 3.63) is 0 Å². The van der Waals surface area contributed by atoms with E-state index in [0.29, 0.717) is 24.5 Å². The maximum atomic E-state index is 11.5. The van der Waals surface area contributed by atoms with Gasteiger partial charge in [-0.05, 0) is 6.42 Å². The summed E-state index contributed by atoms with van der Waals surface area (Å²) in [4.78, 5) is 34.3. The lowest BCUT2D eigenvalue weighted by Gasteiger charge is -2.13. The van der Waals surface area contributed by atoms with Gasteiger partial charge in [0.1, 0.15) is 11.6 Å². The highest BCUT2D eigenvalue weighted by Gasteiger charge is 2.19. The third kappa shape index (κ3) is 5.32. The molecule has 5 nitrogen and oxygen atoms in total. The van der Waals surface area contributed by atoms with Crippen molar-refractivity contribution in [2.24, 2.45) is 11.7 Å². The highest BCUT2D eigenvalue weighted by molar-refractivity contribution is 7.99. The molecule has 1 unspecified atom stereocenters. The zero-order chi connectivity index (χ0) is 12.7. The number of Topliss-reactive ketones (excluding diaryl/α,β-unsaturated/α-hetero) is 2. The number of nitrogens with two attached hydrogens (primary N) is 1. The van der Waals surface area contributed by atoms with E-state index in [1.165, 1.54) is 11.8 Å². The molecule has 1 heterocycles. The van der Waals surface area contributed by atoms with Gasteiger partial charge in [-0.15, -0.1) is 0 Å². The largest absolute Gasteiger partial charge is 0.356 e. The molecule has 1 fully saturated rings. The standard InChI is InChI=1S/C11H18N2O3S/c12-5-10(15)8-3-4-13-11(16)2-1-9(14)7-17-6-8/h8H,1-7,12H2,(H,13,16). The highest BCUT2D eigenvalue weighted by atomic mass is 32.2. The van der Waals surface area contributed by atoms with Crippen LogP contribution in [0.1, 0.15) is 19.3 Å². The van der Waals surface area contributed by atoms with Gasteiger partial charge in [0.2, 0.25) is 5.91 Å². The van der Waals surface area contributed by atoms with Crippen molar-refractivity contribution in [1.29, 1.82) is 0 Å². The number of hydrogen-bond acceptors (Lipinski definition) is 5. The van der Waals surface area contributed by atoms with Gasteiger partial charge in [-0.3, -0.25) is 14.4 Å². The summed E-state index contributed by atoms with van der Waals surface area (Å²) in [6, 6.07) is 0. The van der Waals surface area contributed by atoms with E-state index < -0.39 is 0 Å². The minimum Gasteiger partial charge on any atom is -0.356 e. The summed E-state index contributed by atoms with van der Waals surface area (Å²) in [5.41, 5.74) is 5.34. The summed E-state index contributed by atoms with van der Waals surface area (Å²) >= 11 is 1.46. The van der Waals surface area contributed by atoms with Gasteiger partial charge in [-0.2, -0.15) is 11.8 Å². The van der Waals surface area contributed by atoms with Crippen LogP contribution >= 0.6 is 11.8 Å². The topological polar surface area (TPSA) is 89.3 Å². The van der Waals surface area contributed by atoms with Crippen LogP contribution < -0.4 is 11.1 Å². The molecule has 3 N–H and O–H groups in total. The number of carbonyl (C=O) groups is 3. The molecular formula is C11H18N2O3S. The first-order chi connectivity index (χ1) is 8.13. The number of rotatable bonds is 2. The molecule has 1 rings (SSSR count). The lowest BCUT2D eigenvalue weighted by atomic mass is 10.0. The minimum absolute atomic E-state index is 0.00144. The second-order valence-corrected chi connectivity index (χ2v) is 5.09. The van der Waals surface area contributed by atoms with Gasteiger partial charge >= 0.3 is 0 Å². The maximum absolute atomic E-state index is 11.5. The van der Waals surface area contributed by atoms with E-state index in [4.69, 9.17) is 5.73 Å². The van der Waals surface area contributed by atoms with Crippen LogP contribution in [0.4, 0.5) is 0 Å². The molecule has 17 heavy (non-hydrogen) atoms. The van der Waals surface area contributed by atoms with Crippen LogP contribution in [-0.4, -0.2) is 42.1 Å². The molecule has 6 heteroatoms. The molecule has 1 saturated heterocycles. The Balaban J connectivity index is 2.55. The normalized spacial score (nSPS) is 23.7. The fraction of sp³-hybridized carbons (Fsp3) is 0.727. The van der Waals surface area contributed by atoms with E-state index in [1.807, 2.05) is 0 Å². The van der Waals surface area contributed by atoms with Gasteiger partial charge in [0.25, 0.3) is 0 Å². The number of nitrogens with one attached hydrogen (secondary N) is 1. The molecule has 96 valence electrons. The summed E-state index contributed by atoms with van der Waals surface area (Å²) in [5, 5.41) is 2.72. The van der Waals surface area contributed by atoms with Crippen LogP contribution in [-0.2, 0) is 14.4 Å². The van der Waals surface area contributed by atoms with Crippen LogP contribution in [0, 0.1) is 5.92 Å². The molecular weight excluding hydrogens is 240 g/mol. The van der Waals surface area contributed by atoms with E-state index >= 15 is 0 Å². The monoisotopic (exact) mass is 258 g/mol. The first kappa shape index (κ1) is 14.2. The van der Waals surface area contributed by atoms with Crippen molar-refractivity contribution in [1.82, 2.24) is 5.32 Å². The van der Waals surface area contributed by atoms with Crippen molar-refractivity contribution in [3.63, 3.8) is 0 Å². The third-order valence-electron chi connectivity index (χ3n) is 2.68. The minimum atomic E-state index is -0.156. The Labute approximate surface area is 105 Å². The fourth-order valence-corrected chi connectivity index (χ4v) is 2.75. The van der Waals surface area contributed by atoms with Crippen molar-refractivity contribution in [2.45, 2.75) is 19.3 Å². The Morgan fingerprint density at radius 3 is 2.88 bits per heavy atom. The Morgan fingerprint density at radius 2 is 2.18 bits per heavy atom. The average Bonchev–Trinajstić information content (AvgIpc) is 2.36. The molecule has 0 bridgehead atoms. The summed E-state index contributed by atoms with van der Waals surface area (Å²) in [5.74, 6) is 0.768. The predicted molar refractivity (Wildman–Crippen MR) is 66.7 cm³/mol. The van der Waals surface area contributed by atoms with Gasteiger partial charge in [0, 0.05) is 31.1 Å². The Hall–Kier alpha value is -0.880. The SMILES string of the molecule is NCC(=O)C1CCNC(=O)CCC(=O)CSC1. The van der Waals surface area contributed by atoms with Crippen LogP contribution in [0.25, 0.3) is 0 Å². The first-order valence-electron chi connectivity index (χ1n) is 5.72. The molecule has 1 amide bonds. The molecule has 1 atom stereocenters. The second-order valence-electron chi connectivity index (χ2n) is 4.06. The number of ketones is 2. The lowest BCUT2D eigenvalue weighted by molar-refractivity contribution is -0.124. The van der Waals surface area contributed by atoms with Gasteiger partial charge in [-0.1, -0.05) is 0 Å². The molecule has 0 aliphatic carbocycles.